The molecular weight excluding hydrogens is 555 g/mol. The van der Waals surface area contributed by atoms with E-state index in [9.17, 15) is 0 Å². The first-order chi connectivity index (χ1) is 22.6. The van der Waals surface area contributed by atoms with E-state index in [4.69, 9.17) is 0 Å². The molecule has 9 rings (SSSR count). The second kappa shape index (κ2) is 10.7. The normalized spacial score (nSPS) is 22.6. The first kappa shape index (κ1) is 27.7. The highest BCUT2D eigenvalue weighted by molar-refractivity contribution is 6.01. The summed E-state index contributed by atoms with van der Waals surface area (Å²) in [6.07, 6.45) is 20.2. The van der Waals surface area contributed by atoms with E-state index < -0.39 is 0 Å². The van der Waals surface area contributed by atoms with Gasteiger partial charge < -0.3 is 4.90 Å². The topological polar surface area (TPSA) is 3.24 Å². The van der Waals surface area contributed by atoms with Crippen LogP contribution >= 0.6 is 0 Å². The lowest BCUT2D eigenvalue weighted by Crippen LogP contribution is -2.25. The number of hydrogen-bond donors (Lipinski definition) is 0. The fourth-order valence-corrected chi connectivity index (χ4v) is 9.25. The van der Waals surface area contributed by atoms with E-state index in [1.54, 1.807) is 11.1 Å². The SMILES string of the molecule is CC1(C)C2=C(CCCC2)C2c3ccc4ccc(N(c5ccc(C6C=CC=CC6)cc5)c5cccc6ccccc56)cc4c3C=CC21. The van der Waals surface area contributed by atoms with E-state index in [-0.39, 0.29) is 5.41 Å². The van der Waals surface area contributed by atoms with Gasteiger partial charge in [0.2, 0.25) is 0 Å². The van der Waals surface area contributed by atoms with Crippen molar-refractivity contribution in [3.05, 3.63) is 155 Å². The molecule has 0 aliphatic heterocycles. The van der Waals surface area contributed by atoms with Crippen LogP contribution in [0.15, 0.2) is 139 Å². The Morgan fingerprint density at radius 3 is 2.35 bits per heavy atom. The number of hydrogen-bond acceptors (Lipinski definition) is 1. The van der Waals surface area contributed by atoms with Crippen molar-refractivity contribution in [2.24, 2.45) is 11.3 Å². The summed E-state index contributed by atoms with van der Waals surface area (Å²) in [7, 11) is 0. The second-order valence-electron chi connectivity index (χ2n) is 14.3. The average molecular weight is 596 g/mol. The van der Waals surface area contributed by atoms with Gasteiger partial charge in [-0.05, 0) is 107 Å². The van der Waals surface area contributed by atoms with E-state index in [1.807, 2.05) is 0 Å². The van der Waals surface area contributed by atoms with Gasteiger partial charge in [-0.2, -0.15) is 0 Å². The van der Waals surface area contributed by atoms with Crippen molar-refractivity contribution in [1.29, 1.82) is 0 Å². The molecule has 3 atom stereocenters. The molecule has 0 N–H and O–H groups in total. The highest BCUT2D eigenvalue weighted by Crippen LogP contribution is 2.61. The van der Waals surface area contributed by atoms with Crippen LogP contribution in [-0.2, 0) is 0 Å². The molecule has 4 aliphatic rings. The summed E-state index contributed by atoms with van der Waals surface area (Å²) in [5.74, 6) is 1.51. The third kappa shape index (κ3) is 4.28. The lowest BCUT2D eigenvalue weighted by Gasteiger charge is -2.35. The Kier molecular flexibility index (Phi) is 6.46. The maximum atomic E-state index is 2.56. The molecule has 0 fully saturated rings. The molecule has 4 aliphatic carbocycles. The van der Waals surface area contributed by atoms with Gasteiger partial charge in [-0.1, -0.05) is 128 Å². The second-order valence-corrected chi connectivity index (χ2v) is 14.3. The van der Waals surface area contributed by atoms with Gasteiger partial charge in [-0.15, -0.1) is 0 Å². The van der Waals surface area contributed by atoms with E-state index in [1.165, 1.54) is 81.0 Å². The van der Waals surface area contributed by atoms with E-state index in [2.05, 4.69) is 152 Å². The van der Waals surface area contributed by atoms with Crippen molar-refractivity contribution in [3.8, 4) is 0 Å². The largest absolute Gasteiger partial charge is 0.310 e. The first-order valence-electron chi connectivity index (χ1n) is 17.3. The Bertz CT molecular complexity index is 2110. The zero-order valence-corrected chi connectivity index (χ0v) is 26.9. The summed E-state index contributed by atoms with van der Waals surface area (Å²) in [5, 5.41) is 5.19. The molecule has 3 unspecified atom stereocenters. The van der Waals surface area contributed by atoms with Gasteiger partial charge in [0.25, 0.3) is 0 Å². The Hall–Kier alpha value is -4.62. The predicted molar refractivity (Wildman–Crippen MR) is 196 cm³/mol. The van der Waals surface area contributed by atoms with Crippen LogP contribution in [0.3, 0.4) is 0 Å². The first-order valence-corrected chi connectivity index (χ1v) is 17.3. The Morgan fingerprint density at radius 2 is 1.48 bits per heavy atom. The third-order valence-corrected chi connectivity index (χ3v) is 11.6. The van der Waals surface area contributed by atoms with Gasteiger partial charge in [0, 0.05) is 28.6 Å². The number of anilines is 3. The number of rotatable bonds is 4. The minimum atomic E-state index is 0.243. The van der Waals surface area contributed by atoms with Gasteiger partial charge in [0.05, 0.1) is 5.69 Å². The number of benzene rings is 5. The zero-order chi connectivity index (χ0) is 30.8. The summed E-state index contributed by atoms with van der Waals surface area (Å²) in [6, 6.07) is 36.7. The summed E-state index contributed by atoms with van der Waals surface area (Å²) in [6.45, 7) is 5.00. The van der Waals surface area contributed by atoms with Crippen LogP contribution in [-0.4, -0.2) is 0 Å². The van der Waals surface area contributed by atoms with Gasteiger partial charge >= 0.3 is 0 Å². The van der Waals surface area contributed by atoms with Crippen molar-refractivity contribution in [3.63, 3.8) is 0 Å². The van der Waals surface area contributed by atoms with Crippen LogP contribution in [0, 0.1) is 11.3 Å². The summed E-state index contributed by atoms with van der Waals surface area (Å²) in [4.78, 5) is 2.47. The summed E-state index contributed by atoms with van der Waals surface area (Å²) >= 11 is 0. The van der Waals surface area contributed by atoms with Crippen molar-refractivity contribution >= 4 is 44.7 Å². The molecule has 226 valence electrons. The molecule has 0 amide bonds. The molecule has 0 saturated carbocycles. The number of nitrogens with zero attached hydrogens (tertiary/aromatic N) is 1. The highest BCUT2D eigenvalue weighted by Gasteiger charge is 2.48. The molecular formula is C45H41N. The van der Waals surface area contributed by atoms with Crippen molar-refractivity contribution < 1.29 is 0 Å². The fraction of sp³-hybridized carbons (Fsp3) is 0.244. The maximum absolute atomic E-state index is 2.56. The monoisotopic (exact) mass is 595 g/mol. The Balaban J connectivity index is 1.21. The minimum absolute atomic E-state index is 0.243. The minimum Gasteiger partial charge on any atom is -0.310 e. The van der Waals surface area contributed by atoms with E-state index in [0.717, 1.165) is 6.42 Å². The maximum Gasteiger partial charge on any atom is 0.0540 e. The lowest BCUT2D eigenvalue weighted by molar-refractivity contribution is 0.321. The molecule has 5 aromatic carbocycles. The van der Waals surface area contributed by atoms with Crippen LogP contribution in [0.5, 0.6) is 0 Å². The van der Waals surface area contributed by atoms with Crippen molar-refractivity contribution in [2.45, 2.75) is 57.8 Å². The smallest absolute Gasteiger partial charge is 0.0540 e. The van der Waals surface area contributed by atoms with Crippen LogP contribution < -0.4 is 4.90 Å². The Morgan fingerprint density at radius 1 is 0.696 bits per heavy atom. The van der Waals surface area contributed by atoms with Crippen LogP contribution in [0.25, 0.3) is 27.6 Å². The molecule has 0 aromatic heterocycles. The standard InChI is InChI=1S/C45H41N/c1-45(2)41-17-9-8-16-39(41)44-38-26-22-33-21-25-35(29-40(33)37(38)27-28-42(44)45)46(43-18-10-14-32-13-6-7-15-36(32)43)34-23-19-31(20-24-34)30-11-4-3-5-12-30/h3-7,10-11,13-15,18-30,42,44H,8-9,12,16-17H2,1-2H3. The molecule has 46 heavy (non-hydrogen) atoms. The molecule has 1 nitrogen and oxygen atoms in total. The number of fused-ring (bicyclic) bond motifs is 7. The van der Waals surface area contributed by atoms with Gasteiger partial charge in [0.1, 0.15) is 0 Å². The van der Waals surface area contributed by atoms with Gasteiger partial charge in [0.15, 0.2) is 0 Å². The predicted octanol–water partition coefficient (Wildman–Crippen LogP) is 12.7. The van der Waals surface area contributed by atoms with Gasteiger partial charge in [-0.3, -0.25) is 0 Å². The fourth-order valence-electron chi connectivity index (χ4n) is 9.25. The van der Waals surface area contributed by atoms with E-state index >= 15 is 0 Å². The average Bonchev–Trinajstić information content (AvgIpc) is 3.35. The molecule has 5 aromatic rings. The van der Waals surface area contributed by atoms with Gasteiger partial charge in [-0.25, -0.2) is 0 Å². The molecule has 0 spiro atoms. The van der Waals surface area contributed by atoms with Crippen LogP contribution in [0.1, 0.15) is 74.5 Å². The molecule has 0 bridgehead atoms. The molecule has 1 heteroatoms. The van der Waals surface area contributed by atoms with Crippen LogP contribution in [0.2, 0.25) is 0 Å². The number of allylic oxidation sites excluding steroid dienone is 7. The summed E-state index contributed by atoms with van der Waals surface area (Å²) < 4.78 is 0. The Labute approximate surface area is 273 Å². The summed E-state index contributed by atoms with van der Waals surface area (Å²) in [5.41, 5.74) is 11.7. The zero-order valence-electron chi connectivity index (χ0n) is 26.9. The van der Waals surface area contributed by atoms with Crippen molar-refractivity contribution in [1.82, 2.24) is 0 Å². The molecule has 0 saturated heterocycles. The molecule has 0 radical (unpaired) electrons. The molecule has 0 heterocycles. The quantitative estimate of drug-likeness (QED) is 0.187. The van der Waals surface area contributed by atoms with Crippen molar-refractivity contribution in [2.75, 3.05) is 4.90 Å². The van der Waals surface area contributed by atoms with E-state index in [0.29, 0.717) is 17.8 Å². The highest BCUT2D eigenvalue weighted by atomic mass is 15.1. The van der Waals surface area contributed by atoms with Crippen LogP contribution in [0.4, 0.5) is 17.1 Å². The third-order valence-electron chi connectivity index (χ3n) is 11.6. The lowest BCUT2D eigenvalue weighted by atomic mass is 9.69.